The highest BCUT2D eigenvalue weighted by atomic mass is 127. The molecular formula is C7H5ClINO3. The summed E-state index contributed by atoms with van der Waals surface area (Å²) in [6, 6.07) is 2.88. The predicted octanol–water partition coefficient (Wildman–Crippen LogP) is 2.86. The number of rotatable bonds is 2. The Kier molecular flexibility index (Phi) is 3.32. The number of nitrogens with zero attached hydrogens (tertiary/aromatic N) is 1. The summed E-state index contributed by atoms with van der Waals surface area (Å²) >= 11 is 7.57. The number of hydrogen-bond donors (Lipinski definition) is 0. The summed E-state index contributed by atoms with van der Waals surface area (Å²) in [5.74, 6) is 0.386. The van der Waals surface area contributed by atoms with Crippen LogP contribution < -0.4 is 4.74 Å². The second-order valence-electron chi connectivity index (χ2n) is 2.20. The minimum Gasteiger partial charge on any atom is -0.496 e. The van der Waals surface area contributed by atoms with Crippen molar-refractivity contribution in [2.45, 2.75) is 0 Å². The Morgan fingerprint density at radius 3 is 2.69 bits per heavy atom. The van der Waals surface area contributed by atoms with Crippen LogP contribution in [0.1, 0.15) is 0 Å². The smallest absolute Gasteiger partial charge is 0.287 e. The van der Waals surface area contributed by atoms with Gasteiger partial charge in [0.25, 0.3) is 5.69 Å². The van der Waals surface area contributed by atoms with E-state index in [9.17, 15) is 10.1 Å². The number of halogens is 2. The molecule has 0 bridgehead atoms. The second kappa shape index (κ2) is 4.10. The largest absolute Gasteiger partial charge is 0.496 e. The van der Waals surface area contributed by atoms with Gasteiger partial charge in [0.15, 0.2) is 0 Å². The summed E-state index contributed by atoms with van der Waals surface area (Å²) in [7, 11) is 1.43. The molecule has 0 aliphatic carbocycles. The van der Waals surface area contributed by atoms with E-state index in [4.69, 9.17) is 16.3 Å². The van der Waals surface area contributed by atoms with Gasteiger partial charge in [0, 0.05) is 6.07 Å². The Morgan fingerprint density at radius 1 is 1.62 bits per heavy atom. The fraction of sp³-hybridized carbons (Fsp3) is 0.143. The topological polar surface area (TPSA) is 52.4 Å². The number of ether oxygens (including phenoxy) is 1. The summed E-state index contributed by atoms with van der Waals surface area (Å²) in [5, 5.41) is 10.9. The van der Waals surface area contributed by atoms with Gasteiger partial charge in [0.05, 0.1) is 23.1 Å². The summed E-state index contributed by atoms with van der Waals surface area (Å²) in [6.07, 6.45) is 0. The molecule has 0 amide bonds. The molecule has 0 heterocycles. The van der Waals surface area contributed by atoms with Crippen molar-refractivity contribution in [2.24, 2.45) is 0 Å². The van der Waals surface area contributed by atoms with E-state index >= 15 is 0 Å². The van der Waals surface area contributed by atoms with E-state index in [1.807, 2.05) is 22.6 Å². The lowest BCUT2D eigenvalue weighted by Gasteiger charge is -2.02. The van der Waals surface area contributed by atoms with Gasteiger partial charge in [-0.3, -0.25) is 10.1 Å². The highest BCUT2D eigenvalue weighted by Gasteiger charge is 2.16. The van der Waals surface area contributed by atoms with Crippen LogP contribution in [0.15, 0.2) is 12.1 Å². The molecule has 0 fully saturated rings. The lowest BCUT2D eigenvalue weighted by Crippen LogP contribution is -1.93. The molecule has 6 heteroatoms. The van der Waals surface area contributed by atoms with Gasteiger partial charge in [-0.25, -0.2) is 0 Å². The molecule has 0 N–H and O–H groups in total. The Hall–Kier alpha value is -0.560. The Bertz CT molecular complexity index is 356. The fourth-order valence-electron chi connectivity index (χ4n) is 0.801. The maximum atomic E-state index is 10.5. The molecule has 4 nitrogen and oxygen atoms in total. The van der Waals surface area contributed by atoms with E-state index < -0.39 is 4.92 Å². The van der Waals surface area contributed by atoms with E-state index in [1.165, 1.54) is 19.2 Å². The molecule has 1 rings (SSSR count). The first-order chi connectivity index (χ1) is 6.06. The molecule has 0 saturated carbocycles. The first-order valence-corrected chi connectivity index (χ1v) is 4.69. The lowest BCUT2D eigenvalue weighted by atomic mass is 10.3. The second-order valence-corrected chi connectivity index (χ2v) is 3.69. The standard InChI is InChI=1S/C7H5ClINO3/c1-13-4-2-5(8)7(9)6(3-4)10(11)12/h2-3H,1H3. The molecule has 0 spiro atoms. The summed E-state index contributed by atoms with van der Waals surface area (Å²) in [4.78, 5) is 10.0. The fourth-order valence-corrected chi connectivity index (χ4v) is 1.51. The predicted molar refractivity (Wildman–Crippen MR) is 57.4 cm³/mol. The number of methoxy groups -OCH3 is 1. The number of nitro groups is 1. The number of nitro benzene ring substituents is 1. The third kappa shape index (κ3) is 2.22. The Morgan fingerprint density at radius 2 is 2.23 bits per heavy atom. The quantitative estimate of drug-likeness (QED) is 0.479. The molecule has 1 aromatic rings. The first-order valence-electron chi connectivity index (χ1n) is 3.23. The van der Waals surface area contributed by atoms with Gasteiger partial charge in [0.2, 0.25) is 0 Å². The van der Waals surface area contributed by atoms with Crippen LogP contribution in [-0.4, -0.2) is 12.0 Å². The molecule has 13 heavy (non-hydrogen) atoms. The van der Waals surface area contributed by atoms with Crippen LogP contribution >= 0.6 is 34.2 Å². The van der Waals surface area contributed by atoms with Gasteiger partial charge < -0.3 is 4.74 Å². The summed E-state index contributed by atoms with van der Waals surface area (Å²) in [6.45, 7) is 0. The molecule has 0 unspecified atom stereocenters. The minimum atomic E-state index is -0.490. The van der Waals surface area contributed by atoms with Crippen LogP contribution in [-0.2, 0) is 0 Å². The zero-order valence-electron chi connectivity index (χ0n) is 6.58. The van der Waals surface area contributed by atoms with Gasteiger partial charge in [-0.1, -0.05) is 11.6 Å². The average Bonchev–Trinajstić information content (AvgIpc) is 2.09. The maximum Gasteiger partial charge on any atom is 0.287 e. The maximum absolute atomic E-state index is 10.5. The van der Waals surface area contributed by atoms with E-state index in [0.717, 1.165) is 0 Å². The molecule has 0 radical (unpaired) electrons. The van der Waals surface area contributed by atoms with Crippen molar-refractivity contribution < 1.29 is 9.66 Å². The van der Waals surface area contributed by atoms with Gasteiger partial charge in [-0.05, 0) is 22.6 Å². The highest BCUT2D eigenvalue weighted by molar-refractivity contribution is 14.1. The average molecular weight is 313 g/mol. The van der Waals surface area contributed by atoms with E-state index in [-0.39, 0.29) is 5.69 Å². The van der Waals surface area contributed by atoms with Crippen molar-refractivity contribution in [3.8, 4) is 5.75 Å². The molecule has 70 valence electrons. The van der Waals surface area contributed by atoms with Crippen LogP contribution in [0, 0.1) is 13.7 Å². The normalized spacial score (nSPS) is 9.77. The molecular weight excluding hydrogens is 308 g/mol. The summed E-state index contributed by atoms with van der Waals surface area (Å²) < 4.78 is 5.27. The third-order valence-electron chi connectivity index (χ3n) is 1.41. The van der Waals surface area contributed by atoms with Gasteiger partial charge in [0.1, 0.15) is 9.32 Å². The zero-order valence-corrected chi connectivity index (χ0v) is 9.50. The SMILES string of the molecule is COc1cc(Cl)c(I)c([N+](=O)[O-])c1. The third-order valence-corrected chi connectivity index (χ3v) is 3.17. The number of hydrogen-bond acceptors (Lipinski definition) is 3. The van der Waals surface area contributed by atoms with Gasteiger partial charge >= 0.3 is 0 Å². The molecule has 0 aliphatic heterocycles. The molecule has 0 saturated heterocycles. The number of benzene rings is 1. The first kappa shape index (κ1) is 10.5. The Labute approximate surface area is 93.1 Å². The molecule has 0 atom stereocenters. The van der Waals surface area contributed by atoms with E-state index in [0.29, 0.717) is 14.3 Å². The van der Waals surface area contributed by atoms with Crippen molar-refractivity contribution in [2.75, 3.05) is 7.11 Å². The van der Waals surface area contributed by atoms with Crippen LogP contribution in [0.2, 0.25) is 5.02 Å². The van der Waals surface area contributed by atoms with Crippen LogP contribution in [0.4, 0.5) is 5.69 Å². The van der Waals surface area contributed by atoms with Crippen LogP contribution in [0.25, 0.3) is 0 Å². The van der Waals surface area contributed by atoms with Crippen LogP contribution in [0.3, 0.4) is 0 Å². The highest BCUT2D eigenvalue weighted by Crippen LogP contribution is 2.32. The van der Waals surface area contributed by atoms with E-state index in [2.05, 4.69) is 0 Å². The lowest BCUT2D eigenvalue weighted by molar-refractivity contribution is -0.385. The van der Waals surface area contributed by atoms with Crippen molar-refractivity contribution in [3.05, 3.63) is 30.8 Å². The van der Waals surface area contributed by atoms with Crippen molar-refractivity contribution >= 4 is 39.9 Å². The zero-order chi connectivity index (χ0) is 10.0. The van der Waals surface area contributed by atoms with Gasteiger partial charge in [-0.2, -0.15) is 0 Å². The monoisotopic (exact) mass is 313 g/mol. The van der Waals surface area contributed by atoms with Crippen molar-refractivity contribution in [1.29, 1.82) is 0 Å². The minimum absolute atomic E-state index is 0.0371. The summed E-state index contributed by atoms with van der Waals surface area (Å²) in [5.41, 5.74) is -0.0371. The van der Waals surface area contributed by atoms with E-state index in [1.54, 1.807) is 0 Å². The molecule has 0 aliphatic rings. The van der Waals surface area contributed by atoms with Crippen molar-refractivity contribution in [1.82, 2.24) is 0 Å². The molecule has 0 aromatic heterocycles. The van der Waals surface area contributed by atoms with Gasteiger partial charge in [-0.15, -0.1) is 0 Å². The van der Waals surface area contributed by atoms with Crippen molar-refractivity contribution in [3.63, 3.8) is 0 Å². The molecule has 1 aromatic carbocycles. The van der Waals surface area contributed by atoms with Crippen LogP contribution in [0.5, 0.6) is 5.75 Å². The Balaban J connectivity index is 3.33.